The van der Waals surface area contributed by atoms with Crippen LogP contribution in [0, 0.1) is 0 Å². The molecule has 0 fully saturated rings. The number of carbonyl (C=O) groups excluding carboxylic acids is 2. The topological polar surface area (TPSA) is 76.3 Å². The van der Waals surface area contributed by atoms with Crippen molar-refractivity contribution in [3.05, 3.63) is 30.1 Å². The number of amides is 2. The van der Waals surface area contributed by atoms with E-state index in [0.717, 1.165) is 18.5 Å². The number of pyridine rings is 1. The molecule has 1 aromatic rings. The third-order valence-electron chi connectivity index (χ3n) is 2.65. The molecular weight excluding hydrogens is 230 g/mol. The standard InChI is InChI=1S/C13H19N3O2/c1-16(9-5-3-7-12(14)17)13(18)10-11-6-2-4-8-15-11/h2,4,6,8H,3,5,7,9-10H2,1H3,(H2,14,17). The van der Waals surface area contributed by atoms with Crippen LogP contribution in [0.1, 0.15) is 25.0 Å². The molecule has 98 valence electrons. The van der Waals surface area contributed by atoms with Crippen molar-refractivity contribution in [1.29, 1.82) is 0 Å². The minimum atomic E-state index is -0.294. The molecule has 0 radical (unpaired) electrons. The Morgan fingerprint density at radius 1 is 1.33 bits per heavy atom. The third kappa shape index (κ3) is 5.43. The van der Waals surface area contributed by atoms with E-state index in [2.05, 4.69) is 4.98 Å². The maximum atomic E-state index is 11.8. The van der Waals surface area contributed by atoms with Crippen molar-refractivity contribution in [2.75, 3.05) is 13.6 Å². The summed E-state index contributed by atoms with van der Waals surface area (Å²) >= 11 is 0. The average Bonchev–Trinajstić information content (AvgIpc) is 2.35. The van der Waals surface area contributed by atoms with Crippen molar-refractivity contribution in [3.63, 3.8) is 0 Å². The van der Waals surface area contributed by atoms with Crippen LogP contribution in [-0.2, 0) is 16.0 Å². The Labute approximate surface area is 107 Å². The summed E-state index contributed by atoms with van der Waals surface area (Å²) in [5.74, 6) is -0.259. The maximum absolute atomic E-state index is 11.8. The van der Waals surface area contributed by atoms with Gasteiger partial charge < -0.3 is 10.6 Å². The van der Waals surface area contributed by atoms with Gasteiger partial charge in [0.15, 0.2) is 0 Å². The summed E-state index contributed by atoms with van der Waals surface area (Å²) in [6.45, 7) is 0.638. The average molecular weight is 249 g/mol. The fourth-order valence-electron chi connectivity index (χ4n) is 1.57. The molecule has 5 nitrogen and oxygen atoms in total. The predicted octanol–water partition coefficient (Wildman–Crippen LogP) is 0.738. The van der Waals surface area contributed by atoms with Crippen LogP contribution in [0.5, 0.6) is 0 Å². The molecule has 0 unspecified atom stereocenters. The van der Waals surface area contributed by atoms with Crippen LogP contribution in [-0.4, -0.2) is 35.3 Å². The van der Waals surface area contributed by atoms with Crippen molar-refractivity contribution >= 4 is 11.8 Å². The van der Waals surface area contributed by atoms with Crippen LogP contribution < -0.4 is 5.73 Å². The molecule has 2 N–H and O–H groups in total. The molecule has 0 spiro atoms. The summed E-state index contributed by atoms with van der Waals surface area (Å²) < 4.78 is 0. The van der Waals surface area contributed by atoms with Crippen molar-refractivity contribution in [3.8, 4) is 0 Å². The molecular formula is C13H19N3O2. The fraction of sp³-hybridized carbons (Fsp3) is 0.462. The first-order valence-electron chi connectivity index (χ1n) is 6.02. The molecule has 1 aromatic heterocycles. The van der Waals surface area contributed by atoms with E-state index in [1.807, 2.05) is 18.2 Å². The number of aromatic nitrogens is 1. The molecule has 0 aliphatic carbocycles. The third-order valence-corrected chi connectivity index (χ3v) is 2.65. The Bertz CT molecular complexity index is 392. The van der Waals surface area contributed by atoms with Gasteiger partial charge in [-0.2, -0.15) is 0 Å². The van der Waals surface area contributed by atoms with Gasteiger partial charge in [-0.15, -0.1) is 0 Å². The van der Waals surface area contributed by atoms with Gasteiger partial charge in [0.2, 0.25) is 11.8 Å². The van der Waals surface area contributed by atoms with Crippen LogP contribution in [0.3, 0.4) is 0 Å². The molecule has 0 aliphatic heterocycles. The highest BCUT2D eigenvalue weighted by atomic mass is 16.2. The normalized spacial score (nSPS) is 10.1. The molecule has 1 rings (SSSR count). The van der Waals surface area contributed by atoms with Gasteiger partial charge in [0.25, 0.3) is 0 Å². The lowest BCUT2D eigenvalue weighted by Crippen LogP contribution is -2.29. The zero-order valence-corrected chi connectivity index (χ0v) is 10.6. The zero-order valence-electron chi connectivity index (χ0n) is 10.6. The lowest BCUT2D eigenvalue weighted by Gasteiger charge is -2.16. The molecule has 0 aromatic carbocycles. The molecule has 0 aliphatic rings. The van der Waals surface area contributed by atoms with Gasteiger partial charge in [-0.3, -0.25) is 14.6 Å². The summed E-state index contributed by atoms with van der Waals surface area (Å²) in [5, 5.41) is 0. The van der Waals surface area contributed by atoms with Gasteiger partial charge in [0.05, 0.1) is 6.42 Å². The molecule has 0 atom stereocenters. The summed E-state index contributed by atoms with van der Waals surface area (Å²) in [7, 11) is 1.76. The Kier molecular flexibility index (Phi) is 5.84. The number of hydrogen-bond donors (Lipinski definition) is 1. The zero-order chi connectivity index (χ0) is 13.4. The number of nitrogens with two attached hydrogens (primary N) is 1. The fourth-order valence-corrected chi connectivity index (χ4v) is 1.57. The largest absolute Gasteiger partial charge is 0.370 e. The summed E-state index contributed by atoms with van der Waals surface area (Å²) in [6.07, 6.45) is 3.87. The van der Waals surface area contributed by atoms with Gasteiger partial charge in [-0.25, -0.2) is 0 Å². The number of unbranched alkanes of at least 4 members (excludes halogenated alkanes) is 1. The Hall–Kier alpha value is -1.91. The van der Waals surface area contributed by atoms with Gasteiger partial charge in [-0.05, 0) is 25.0 Å². The van der Waals surface area contributed by atoms with E-state index >= 15 is 0 Å². The number of hydrogen-bond acceptors (Lipinski definition) is 3. The first-order valence-corrected chi connectivity index (χ1v) is 6.02. The second kappa shape index (κ2) is 7.42. The molecule has 18 heavy (non-hydrogen) atoms. The number of carbonyl (C=O) groups is 2. The minimum Gasteiger partial charge on any atom is -0.370 e. The van der Waals surface area contributed by atoms with E-state index in [0.29, 0.717) is 19.4 Å². The molecule has 0 saturated carbocycles. The summed E-state index contributed by atoms with van der Waals surface area (Å²) in [6, 6.07) is 5.52. The Balaban J connectivity index is 2.27. The van der Waals surface area contributed by atoms with Gasteiger partial charge in [0.1, 0.15) is 0 Å². The van der Waals surface area contributed by atoms with E-state index in [9.17, 15) is 9.59 Å². The number of primary amides is 1. The van der Waals surface area contributed by atoms with E-state index in [1.165, 1.54) is 0 Å². The predicted molar refractivity (Wildman–Crippen MR) is 68.6 cm³/mol. The molecule has 0 bridgehead atoms. The maximum Gasteiger partial charge on any atom is 0.228 e. The summed E-state index contributed by atoms with van der Waals surface area (Å²) in [5.41, 5.74) is 5.81. The van der Waals surface area contributed by atoms with Crippen LogP contribution in [0.2, 0.25) is 0 Å². The lowest BCUT2D eigenvalue weighted by molar-refractivity contribution is -0.129. The van der Waals surface area contributed by atoms with Crippen LogP contribution >= 0.6 is 0 Å². The number of nitrogens with zero attached hydrogens (tertiary/aromatic N) is 2. The molecule has 0 saturated heterocycles. The van der Waals surface area contributed by atoms with Gasteiger partial charge in [0, 0.05) is 31.9 Å². The SMILES string of the molecule is CN(CCCCC(N)=O)C(=O)Cc1ccccn1. The van der Waals surface area contributed by atoms with Gasteiger partial charge >= 0.3 is 0 Å². The lowest BCUT2D eigenvalue weighted by atomic mass is 10.2. The van der Waals surface area contributed by atoms with Crippen LogP contribution in [0.15, 0.2) is 24.4 Å². The second-order valence-electron chi connectivity index (χ2n) is 4.24. The highest BCUT2D eigenvalue weighted by Crippen LogP contribution is 2.01. The molecule has 2 amide bonds. The van der Waals surface area contributed by atoms with Gasteiger partial charge in [-0.1, -0.05) is 6.07 Å². The first-order chi connectivity index (χ1) is 8.59. The van der Waals surface area contributed by atoms with E-state index in [1.54, 1.807) is 18.1 Å². The van der Waals surface area contributed by atoms with Crippen molar-refractivity contribution < 1.29 is 9.59 Å². The van der Waals surface area contributed by atoms with Crippen molar-refractivity contribution in [2.24, 2.45) is 5.73 Å². The molecule has 1 heterocycles. The monoisotopic (exact) mass is 249 g/mol. The molecule has 5 heteroatoms. The highest BCUT2D eigenvalue weighted by molar-refractivity contribution is 5.78. The van der Waals surface area contributed by atoms with Crippen LogP contribution in [0.4, 0.5) is 0 Å². The highest BCUT2D eigenvalue weighted by Gasteiger charge is 2.09. The quantitative estimate of drug-likeness (QED) is 0.724. The first kappa shape index (κ1) is 14.2. The Morgan fingerprint density at radius 3 is 2.72 bits per heavy atom. The van der Waals surface area contributed by atoms with E-state index < -0.39 is 0 Å². The van der Waals surface area contributed by atoms with Crippen molar-refractivity contribution in [2.45, 2.75) is 25.7 Å². The number of rotatable bonds is 7. The second-order valence-corrected chi connectivity index (χ2v) is 4.24. The Morgan fingerprint density at radius 2 is 2.11 bits per heavy atom. The van der Waals surface area contributed by atoms with Crippen molar-refractivity contribution in [1.82, 2.24) is 9.88 Å². The number of likely N-dealkylation sites (N-methyl/N-ethyl adjacent to an activating group) is 1. The summed E-state index contributed by atoms with van der Waals surface area (Å²) in [4.78, 5) is 28.2. The van der Waals surface area contributed by atoms with Crippen LogP contribution in [0.25, 0.3) is 0 Å². The van der Waals surface area contributed by atoms with E-state index in [4.69, 9.17) is 5.73 Å². The smallest absolute Gasteiger partial charge is 0.228 e. The minimum absolute atomic E-state index is 0.0350. The van der Waals surface area contributed by atoms with E-state index in [-0.39, 0.29) is 11.8 Å².